The number of benzene rings is 1. The minimum absolute atomic E-state index is 0.0833. The molecule has 6 heteroatoms. The summed E-state index contributed by atoms with van der Waals surface area (Å²) in [6.07, 6.45) is 4.41. The third kappa shape index (κ3) is 5.42. The van der Waals surface area contributed by atoms with Crippen LogP contribution in [-0.4, -0.2) is 39.9 Å². The van der Waals surface area contributed by atoms with Crippen molar-refractivity contribution in [2.45, 2.75) is 58.7 Å². The molecule has 2 amide bonds. The lowest BCUT2D eigenvalue weighted by molar-refractivity contribution is -0.145. The molecule has 146 valence electrons. The summed E-state index contributed by atoms with van der Waals surface area (Å²) in [6.45, 7) is 6.09. The van der Waals surface area contributed by atoms with Crippen molar-refractivity contribution < 1.29 is 19.5 Å². The topological polar surface area (TPSA) is 86.7 Å². The lowest BCUT2D eigenvalue weighted by Crippen LogP contribution is -2.55. The molecule has 1 aromatic carbocycles. The van der Waals surface area contributed by atoms with Gasteiger partial charge in [0.25, 0.3) is 0 Å². The first-order valence-corrected chi connectivity index (χ1v) is 9.34. The molecule has 2 atom stereocenters. The molecule has 27 heavy (non-hydrogen) atoms. The van der Waals surface area contributed by atoms with Gasteiger partial charge in [-0.25, -0.2) is 4.79 Å². The van der Waals surface area contributed by atoms with Gasteiger partial charge in [0.15, 0.2) is 0 Å². The standard InChI is InChI=1S/C21H28N2O4/c1-4-5-10-17(21(26)27)22-20(25)18-12-15-8-6-7-9-16(15)13-23(18)19(24)11-14(2)3/h4-9,14,17-18H,10-13H2,1-3H3,(H,22,25)(H,26,27)/b5-4+. The molecule has 0 radical (unpaired) electrons. The van der Waals surface area contributed by atoms with Gasteiger partial charge in [0.2, 0.25) is 11.8 Å². The third-order valence-electron chi connectivity index (χ3n) is 4.68. The Balaban J connectivity index is 2.24. The lowest BCUT2D eigenvalue weighted by Gasteiger charge is -2.37. The Morgan fingerprint density at radius 1 is 1.26 bits per heavy atom. The molecular formula is C21H28N2O4. The Morgan fingerprint density at radius 2 is 1.93 bits per heavy atom. The van der Waals surface area contributed by atoms with Gasteiger partial charge in [-0.05, 0) is 30.4 Å². The number of hydrogen-bond donors (Lipinski definition) is 2. The van der Waals surface area contributed by atoms with Gasteiger partial charge in [-0.3, -0.25) is 9.59 Å². The molecule has 0 saturated carbocycles. The normalized spacial score (nSPS) is 17.6. The van der Waals surface area contributed by atoms with Crippen LogP contribution in [-0.2, 0) is 27.3 Å². The zero-order chi connectivity index (χ0) is 20.0. The molecule has 0 saturated heterocycles. The van der Waals surface area contributed by atoms with Crippen molar-refractivity contribution in [1.29, 1.82) is 0 Å². The summed E-state index contributed by atoms with van der Waals surface area (Å²) in [5.41, 5.74) is 2.05. The average molecular weight is 372 g/mol. The number of carboxylic acid groups (broad SMARTS) is 1. The van der Waals surface area contributed by atoms with Gasteiger partial charge < -0.3 is 15.3 Å². The SMILES string of the molecule is C/C=C/CC(NC(=O)C1Cc2ccccc2CN1C(=O)CC(C)C)C(=O)O. The fourth-order valence-corrected chi connectivity index (χ4v) is 3.25. The first-order chi connectivity index (χ1) is 12.8. The van der Waals surface area contributed by atoms with Crippen molar-refractivity contribution in [3.63, 3.8) is 0 Å². The molecule has 2 unspecified atom stereocenters. The molecule has 6 nitrogen and oxygen atoms in total. The molecular weight excluding hydrogens is 344 g/mol. The van der Waals surface area contributed by atoms with Crippen LogP contribution in [0.3, 0.4) is 0 Å². The molecule has 0 spiro atoms. The second-order valence-electron chi connectivity index (χ2n) is 7.31. The molecule has 0 fully saturated rings. The number of amides is 2. The minimum atomic E-state index is -1.09. The van der Waals surface area contributed by atoms with Gasteiger partial charge in [0, 0.05) is 19.4 Å². The minimum Gasteiger partial charge on any atom is -0.480 e. The van der Waals surface area contributed by atoms with Crippen molar-refractivity contribution >= 4 is 17.8 Å². The van der Waals surface area contributed by atoms with Crippen LogP contribution in [0.1, 0.15) is 44.7 Å². The van der Waals surface area contributed by atoms with Crippen LogP contribution >= 0.6 is 0 Å². The van der Waals surface area contributed by atoms with Gasteiger partial charge in [0.05, 0.1) is 0 Å². The van der Waals surface area contributed by atoms with E-state index in [0.717, 1.165) is 11.1 Å². The van der Waals surface area contributed by atoms with Crippen LogP contribution < -0.4 is 5.32 Å². The first-order valence-electron chi connectivity index (χ1n) is 9.34. The fraction of sp³-hybridized carbons (Fsp3) is 0.476. The van der Waals surface area contributed by atoms with E-state index in [1.54, 1.807) is 24.0 Å². The van der Waals surface area contributed by atoms with E-state index < -0.39 is 24.0 Å². The number of rotatable bonds is 7. The van der Waals surface area contributed by atoms with Crippen molar-refractivity contribution in [3.05, 3.63) is 47.5 Å². The van der Waals surface area contributed by atoms with E-state index in [1.807, 2.05) is 38.1 Å². The first kappa shape index (κ1) is 20.7. The third-order valence-corrected chi connectivity index (χ3v) is 4.68. The lowest BCUT2D eigenvalue weighted by atomic mass is 9.92. The Morgan fingerprint density at radius 3 is 2.52 bits per heavy atom. The van der Waals surface area contributed by atoms with Crippen molar-refractivity contribution in [1.82, 2.24) is 10.2 Å². The summed E-state index contributed by atoms with van der Waals surface area (Å²) in [5.74, 6) is -1.41. The number of carbonyl (C=O) groups is 3. The van der Waals surface area contributed by atoms with Crippen molar-refractivity contribution in [2.24, 2.45) is 5.92 Å². The second-order valence-corrected chi connectivity index (χ2v) is 7.31. The summed E-state index contributed by atoms with van der Waals surface area (Å²) in [5, 5.41) is 12.0. The Labute approximate surface area is 160 Å². The predicted molar refractivity (Wildman–Crippen MR) is 103 cm³/mol. The van der Waals surface area contributed by atoms with E-state index in [0.29, 0.717) is 19.4 Å². The van der Waals surface area contributed by atoms with Gasteiger partial charge in [-0.2, -0.15) is 0 Å². The summed E-state index contributed by atoms with van der Waals surface area (Å²) in [7, 11) is 0. The number of hydrogen-bond acceptors (Lipinski definition) is 3. The van der Waals surface area contributed by atoms with E-state index in [4.69, 9.17) is 0 Å². The smallest absolute Gasteiger partial charge is 0.326 e. The quantitative estimate of drug-likeness (QED) is 0.720. The maximum atomic E-state index is 12.9. The number of allylic oxidation sites excluding steroid dienone is 1. The summed E-state index contributed by atoms with van der Waals surface area (Å²) in [6, 6.07) is 6.04. The molecule has 0 aliphatic carbocycles. The number of nitrogens with zero attached hydrogens (tertiary/aromatic N) is 1. The summed E-state index contributed by atoms with van der Waals surface area (Å²) in [4.78, 5) is 38.7. The van der Waals surface area contributed by atoms with E-state index in [1.165, 1.54) is 0 Å². The zero-order valence-electron chi connectivity index (χ0n) is 16.1. The van der Waals surface area contributed by atoms with E-state index in [9.17, 15) is 19.5 Å². The molecule has 1 aromatic rings. The highest BCUT2D eigenvalue weighted by molar-refractivity contribution is 5.91. The van der Waals surface area contributed by atoms with E-state index in [2.05, 4.69) is 5.32 Å². The predicted octanol–water partition coefficient (Wildman–Crippen LogP) is 2.52. The number of carboxylic acids is 1. The molecule has 1 heterocycles. The van der Waals surface area contributed by atoms with Crippen LogP contribution in [0, 0.1) is 5.92 Å². The van der Waals surface area contributed by atoms with Crippen molar-refractivity contribution in [3.8, 4) is 0 Å². The Kier molecular flexibility index (Phi) is 7.16. The second kappa shape index (κ2) is 9.35. The number of aliphatic carboxylic acids is 1. The van der Waals surface area contributed by atoms with Crippen LogP contribution in [0.2, 0.25) is 0 Å². The largest absolute Gasteiger partial charge is 0.480 e. The van der Waals surface area contributed by atoms with Gasteiger partial charge in [-0.15, -0.1) is 0 Å². The van der Waals surface area contributed by atoms with Crippen molar-refractivity contribution in [2.75, 3.05) is 0 Å². The highest BCUT2D eigenvalue weighted by Gasteiger charge is 2.36. The monoisotopic (exact) mass is 372 g/mol. The molecule has 2 N–H and O–H groups in total. The Hall–Kier alpha value is -2.63. The van der Waals surface area contributed by atoms with Gasteiger partial charge in [-0.1, -0.05) is 50.3 Å². The highest BCUT2D eigenvalue weighted by Crippen LogP contribution is 2.25. The number of nitrogens with one attached hydrogen (secondary N) is 1. The number of fused-ring (bicyclic) bond motifs is 1. The molecule has 2 rings (SSSR count). The summed E-state index contributed by atoms with van der Waals surface area (Å²) >= 11 is 0. The maximum absolute atomic E-state index is 12.9. The average Bonchev–Trinajstić information content (AvgIpc) is 2.63. The van der Waals surface area contributed by atoms with Crippen LogP contribution in [0.5, 0.6) is 0 Å². The van der Waals surface area contributed by atoms with Crippen LogP contribution in [0.15, 0.2) is 36.4 Å². The fourth-order valence-electron chi connectivity index (χ4n) is 3.25. The molecule has 1 aliphatic heterocycles. The van der Waals surface area contributed by atoms with Gasteiger partial charge in [0.1, 0.15) is 12.1 Å². The summed E-state index contributed by atoms with van der Waals surface area (Å²) < 4.78 is 0. The van der Waals surface area contributed by atoms with Crippen LogP contribution in [0.25, 0.3) is 0 Å². The molecule has 0 bridgehead atoms. The maximum Gasteiger partial charge on any atom is 0.326 e. The Bertz CT molecular complexity index is 727. The molecule has 1 aliphatic rings. The highest BCUT2D eigenvalue weighted by atomic mass is 16.4. The number of carbonyl (C=O) groups excluding carboxylic acids is 2. The van der Waals surface area contributed by atoms with Gasteiger partial charge >= 0.3 is 5.97 Å². The van der Waals surface area contributed by atoms with E-state index in [-0.39, 0.29) is 18.2 Å². The van der Waals surface area contributed by atoms with Crippen LogP contribution in [0.4, 0.5) is 0 Å². The zero-order valence-corrected chi connectivity index (χ0v) is 16.1. The van der Waals surface area contributed by atoms with E-state index >= 15 is 0 Å². The molecule has 0 aromatic heterocycles.